The number of hydrogen-bond donors (Lipinski definition) is 2. The van der Waals surface area contributed by atoms with Gasteiger partial charge < -0.3 is 5.73 Å². The van der Waals surface area contributed by atoms with E-state index >= 15 is 0 Å². The van der Waals surface area contributed by atoms with E-state index in [1.807, 2.05) is 13.8 Å². The van der Waals surface area contributed by atoms with E-state index in [0.717, 1.165) is 11.1 Å². The fourth-order valence-corrected chi connectivity index (χ4v) is 2.46. The molecule has 0 spiro atoms. The standard InChI is InChI=1S/C12H16N2O2S/c1-4-5-6-14-17(15,16)12-8-10(3)9(2)7-11(12)13/h7-8,14H,6,13H2,1-3H3. The second-order valence-electron chi connectivity index (χ2n) is 3.73. The lowest BCUT2D eigenvalue weighted by Gasteiger charge is -2.10. The van der Waals surface area contributed by atoms with Crippen molar-refractivity contribution in [1.29, 1.82) is 0 Å². The number of hydrogen-bond acceptors (Lipinski definition) is 3. The Morgan fingerprint density at radius 2 is 1.88 bits per heavy atom. The van der Waals surface area contributed by atoms with Crippen LogP contribution in [0.4, 0.5) is 5.69 Å². The molecule has 0 aliphatic heterocycles. The first-order valence-electron chi connectivity index (χ1n) is 5.14. The molecule has 0 aliphatic carbocycles. The lowest BCUT2D eigenvalue weighted by Crippen LogP contribution is -2.25. The van der Waals surface area contributed by atoms with E-state index in [4.69, 9.17) is 5.73 Å². The van der Waals surface area contributed by atoms with Crippen molar-refractivity contribution in [1.82, 2.24) is 4.72 Å². The van der Waals surface area contributed by atoms with E-state index < -0.39 is 10.0 Å². The molecule has 0 fully saturated rings. The van der Waals surface area contributed by atoms with Gasteiger partial charge >= 0.3 is 0 Å². The first-order valence-corrected chi connectivity index (χ1v) is 6.63. The molecule has 0 atom stereocenters. The molecule has 1 aromatic rings. The summed E-state index contributed by atoms with van der Waals surface area (Å²) in [5, 5.41) is 0. The molecule has 0 heterocycles. The van der Waals surface area contributed by atoms with Crippen LogP contribution in [0.2, 0.25) is 0 Å². The Kier molecular flexibility index (Phi) is 4.16. The Bertz CT molecular complexity index is 581. The van der Waals surface area contributed by atoms with Crippen molar-refractivity contribution in [3.63, 3.8) is 0 Å². The minimum absolute atomic E-state index is 0.0885. The van der Waals surface area contributed by atoms with Gasteiger partial charge in [-0.25, -0.2) is 8.42 Å². The highest BCUT2D eigenvalue weighted by atomic mass is 32.2. The van der Waals surface area contributed by atoms with E-state index in [9.17, 15) is 8.42 Å². The van der Waals surface area contributed by atoms with Crippen LogP contribution in [0.1, 0.15) is 18.1 Å². The molecule has 4 nitrogen and oxygen atoms in total. The van der Waals surface area contributed by atoms with Crippen molar-refractivity contribution in [3.8, 4) is 11.8 Å². The number of anilines is 1. The highest BCUT2D eigenvalue weighted by Gasteiger charge is 2.17. The van der Waals surface area contributed by atoms with Gasteiger partial charge in [-0.3, -0.25) is 0 Å². The molecule has 3 N–H and O–H groups in total. The SMILES string of the molecule is CC#CCNS(=O)(=O)c1cc(C)c(C)cc1N. The summed E-state index contributed by atoms with van der Waals surface area (Å²) >= 11 is 0. The summed E-state index contributed by atoms with van der Waals surface area (Å²) in [7, 11) is -3.58. The smallest absolute Gasteiger partial charge is 0.243 e. The Labute approximate surface area is 102 Å². The van der Waals surface area contributed by atoms with Crippen LogP contribution < -0.4 is 10.5 Å². The fraction of sp³-hybridized carbons (Fsp3) is 0.333. The van der Waals surface area contributed by atoms with E-state index in [1.165, 1.54) is 0 Å². The maximum Gasteiger partial charge on any atom is 0.243 e. The first-order chi connectivity index (χ1) is 7.88. The van der Waals surface area contributed by atoms with Crippen molar-refractivity contribution >= 4 is 15.7 Å². The monoisotopic (exact) mass is 252 g/mol. The van der Waals surface area contributed by atoms with Crippen LogP contribution in [0.3, 0.4) is 0 Å². The van der Waals surface area contributed by atoms with Crippen LogP contribution in [0.5, 0.6) is 0 Å². The number of nitrogen functional groups attached to an aromatic ring is 1. The molecule has 0 saturated carbocycles. The number of nitrogens with one attached hydrogen (secondary N) is 1. The lowest BCUT2D eigenvalue weighted by molar-refractivity contribution is 0.586. The minimum Gasteiger partial charge on any atom is -0.398 e. The molecule has 92 valence electrons. The number of aryl methyl sites for hydroxylation is 2. The van der Waals surface area contributed by atoms with Crippen LogP contribution in [-0.4, -0.2) is 15.0 Å². The quantitative estimate of drug-likeness (QED) is 0.627. The molecule has 0 radical (unpaired) electrons. The Hall–Kier alpha value is -1.51. The van der Waals surface area contributed by atoms with Gasteiger partial charge in [-0.05, 0) is 44.0 Å². The van der Waals surface area contributed by atoms with Crippen molar-refractivity contribution in [2.75, 3.05) is 12.3 Å². The van der Waals surface area contributed by atoms with Crippen molar-refractivity contribution in [2.24, 2.45) is 0 Å². The summed E-state index contributed by atoms with van der Waals surface area (Å²) in [6, 6.07) is 3.24. The van der Waals surface area contributed by atoms with Gasteiger partial charge in [-0.15, -0.1) is 5.92 Å². The van der Waals surface area contributed by atoms with Gasteiger partial charge in [0.15, 0.2) is 0 Å². The molecule has 1 rings (SSSR count). The average molecular weight is 252 g/mol. The number of benzene rings is 1. The minimum atomic E-state index is -3.58. The molecular weight excluding hydrogens is 236 g/mol. The maximum atomic E-state index is 11.9. The average Bonchev–Trinajstić information content (AvgIpc) is 2.23. The van der Waals surface area contributed by atoms with Crippen LogP contribution in [0.15, 0.2) is 17.0 Å². The van der Waals surface area contributed by atoms with Crippen molar-refractivity contribution in [3.05, 3.63) is 23.3 Å². The topological polar surface area (TPSA) is 72.2 Å². The largest absolute Gasteiger partial charge is 0.398 e. The highest BCUT2D eigenvalue weighted by molar-refractivity contribution is 7.89. The molecular formula is C12H16N2O2S. The molecule has 0 amide bonds. The summed E-state index contributed by atoms with van der Waals surface area (Å²) in [6.45, 7) is 5.47. The van der Waals surface area contributed by atoms with Gasteiger partial charge in [-0.1, -0.05) is 5.92 Å². The molecule has 0 unspecified atom stereocenters. The molecule has 17 heavy (non-hydrogen) atoms. The molecule has 0 aromatic heterocycles. The van der Waals surface area contributed by atoms with Crippen LogP contribution >= 0.6 is 0 Å². The second-order valence-corrected chi connectivity index (χ2v) is 5.46. The summed E-state index contributed by atoms with van der Waals surface area (Å²) in [6.07, 6.45) is 0. The number of nitrogens with two attached hydrogens (primary N) is 1. The van der Waals surface area contributed by atoms with E-state index in [0.29, 0.717) is 0 Å². The first kappa shape index (κ1) is 13.6. The lowest BCUT2D eigenvalue weighted by atomic mass is 10.1. The molecule has 0 saturated heterocycles. The van der Waals surface area contributed by atoms with Gasteiger partial charge in [0, 0.05) is 0 Å². The number of rotatable bonds is 3. The zero-order chi connectivity index (χ0) is 13.1. The molecule has 1 aromatic carbocycles. The van der Waals surface area contributed by atoms with Gasteiger partial charge in [-0.2, -0.15) is 4.72 Å². The third kappa shape index (κ3) is 3.22. The van der Waals surface area contributed by atoms with E-state index in [-0.39, 0.29) is 17.1 Å². The fourth-order valence-electron chi connectivity index (χ4n) is 1.34. The third-order valence-corrected chi connectivity index (χ3v) is 3.90. The Morgan fingerprint density at radius 1 is 1.29 bits per heavy atom. The summed E-state index contributed by atoms with van der Waals surface area (Å²) < 4.78 is 26.2. The Balaban J connectivity index is 3.14. The van der Waals surface area contributed by atoms with Gasteiger partial charge in [0.05, 0.1) is 12.2 Å². The Morgan fingerprint density at radius 3 is 2.47 bits per heavy atom. The van der Waals surface area contributed by atoms with Gasteiger partial charge in [0.2, 0.25) is 10.0 Å². The van der Waals surface area contributed by atoms with Crippen LogP contribution in [-0.2, 0) is 10.0 Å². The predicted octanol–water partition coefficient (Wildman–Crippen LogP) is 1.19. The van der Waals surface area contributed by atoms with Crippen molar-refractivity contribution < 1.29 is 8.42 Å². The normalized spacial score (nSPS) is 10.8. The summed E-state index contributed by atoms with van der Waals surface area (Å²) in [4.78, 5) is 0.110. The zero-order valence-corrected chi connectivity index (χ0v) is 11.0. The zero-order valence-electron chi connectivity index (χ0n) is 10.2. The summed E-state index contributed by atoms with van der Waals surface area (Å²) in [5.74, 6) is 5.26. The molecule has 0 bridgehead atoms. The molecule has 0 aliphatic rings. The summed E-state index contributed by atoms with van der Waals surface area (Å²) in [5.41, 5.74) is 7.84. The second kappa shape index (κ2) is 5.21. The van der Waals surface area contributed by atoms with E-state index in [2.05, 4.69) is 16.6 Å². The maximum absolute atomic E-state index is 11.9. The molecule has 5 heteroatoms. The highest BCUT2D eigenvalue weighted by Crippen LogP contribution is 2.22. The number of sulfonamides is 1. The predicted molar refractivity (Wildman–Crippen MR) is 69.0 cm³/mol. The van der Waals surface area contributed by atoms with Gasteiger partial charge in [0.25, 0.3) is 0 Å². The third-order valence-electron chi connectivity index (χ3n) is 2.44. The van der Waals surface area contributed by atoms with Crippen LogP contribution in [0, 0.1) is 25.7 Å². The van der Waals surface area contributed by atoms with E-state index in [1.54, 1.807) is 19.1 Å². The van der Waals surface area contributed by atoms with Crippen molar-refractivity contribution in [2.45, 2.75) is 25.7 Å². The van der Waals surface area contributed by atoms with Gasteiger partial charge in [0.1, 0.15) is 4.90 Å². The van der Waals surface area contributed by atoms with Crippen LogP contribution in [0.25, 0.3) is 0 Å².